The predicted octanol–water partition coefficient (Wildman–Crippen LogP) is 3.31. The second-order valence-electron chi connectivity index (χ2n) is 5.17. The van der Waals surface area contributed by atoms with E-state index in [0.29, 0.717) is 0 Å². The molecule has 3 rings (SSSR count). The summed E-state index contributed by atoms with van der Waals surface area (Å²) < 4.78 is 7.29. The highest BCUT2D eigenvalue weighted by atomic mass is 31.1. The summed E-state index contributed by atoms with van der Waals surface area (Å²) in [5, 5.41) is 0. The molecule has 1 fully saturated rings. The highest BCUT2D eigenvalue weighted by Crippen LogP contribution is 2.59. The SMILES string of the molecule is CN(C)c1ccc(C2=NP2N2CCCCC2)cc1. The molecular weight excluding hydrogens is 241 g/mol. The van der Waals surface area contributed by atoms with E-state index in [0.717, 1.165) is 0 Å². The second kappa shape index (κ2) is 4.99. The first-order chi connectivity index (χ1) is 8.75. The van der Waals surface area contributed by atoms with Crippen LogP contribution in [0.2, 0.25) is 0 Å². The lowest BCUT2D eigenvalue weighted by Gasteiger charge is -2.24. The first-order valence-electron chi connectivity index (χ1n) is 6.67. The molecule has 1 aromatic rings. The van der Waals surface area contributed by atoms with Crippen molar-refractivity contribution in [2.75, 3.05) is 32.1 Å². The number of nitrogens with zero attached hydrogens (tertiary/aromatic N) is 3. The molecule has 1 unspecified atom stereocenters. The molecule has 3 nitrogen and oxygen atoms in total. The van der Waals surface area contributed by atoms with E-state index in [4.69, 9.17) is 4.76 Å². The minimum atomic E-state index is -0.272. The van der Waals surface area contributed by atoms with Crippen LogP contribution in [-0.4, -0.2) is 37.3 Å². The quantitative estimate of drug-likeness (QED) is 0.777. The van der Waals surface area contributed by atoms with E-state index in [-0.39, 0.29) is 8.22 Å². The maximum absolute atomic E-state index is 4.72. The average molecular weight is 261 g/mol. The van der Waals surface area contributed by atoms with Gasteiger partial charge in [0.25, 0.3) is 0 Å². The Bertz CT molecular complexity index is 447. The van der Waals surface area contributed by atoms with Crippen LogP contribution in [0.3, 0.4) is 0 Å². The molecule has 2 heterocycles. The van der Waals surface area contributed by atoms with Crippen molar-refractivity contribution >= 4 is 19.4 Å². The lowest BCUT2D eigenvalue weighted by Crippen LogP contribution is -2.23. The number of benzene rings is 1. The van der Waals surface area contributed by atoms with E-state index in [1.165, 1.54) is 49.1 Å². The number of hydrogen-bond donors (Lipinski definition) is 0. The van der Waals surface area contributed by atoms with Crippen LogP contribution in [0.15, 0.2) is 29.0 Å². The molecule has 1 atom stereocenters. The van der Waals surface area contributed by atoms with Gasteiger partial charge in [0, 0.05) is 38.4 Å². The van der Waals surface area contributed by atoms with Gasteiger partial charge in [0.1, 0.15) is 13.7 Å². The van der Waals surface area contributed by atoms with Gasteiger partial charge in [0.05, 0.1) is 0 Å². The van der Waals surface area contributed by atoms with E-state index in [1.807, 2.05) is 0 Å². The molecule has 0 spiro atoms. The zero-order chi connectivity index (χ0) is 12.5. The summed E-state index contributed by atoms with van der Waals surface area (Å²) in [7, 11) is 3.88. The fraction of sp³-hybridized carbons (Fsp3) is 0.500. The molecule has 0 aliphatic carbocycles. The Labute approximate surface area is 110 Å². The molecule has 0 N–H and O–H groups in total. The van der Waals surface area contributed by atoms with E-state index < -0.39 is 0 Å². The van der Waals surface area contributed by atoms with Crippen molar-refractivity contribution in [3.8, 4) is 0 Å². The van der Waals surface area contributed by atoms with Gasteiger partial charge in [-0.25, -0.2) is 4.76 Å². The fourth-order valence-corrected chi connectivity index (χ4v) is 4.22. The Morgan fingerprint density at radius 2 is 1.72 bits per heavy atom. The molecule has 2 aliphatic rings. The third-order valence-electron chi connectivity index (χ3n) is 3.58. The van der Waals surface area contributed by atoms with E-state index in [1.54, 1.807) is 0 Å². The minimum Gasteiger partial charge on any atom is -0.378 e. The van der Waals surface area contributed by atoms with Gasteiger partial charge in [-0.1, -0.05) is 18.6 Å². The largest absolute Gasteiger partial charge is 0.378 e. The zero-order valence-electron chi connectivity index (χ0n) is 11.1. The Hall–Kier alpha value is -0.920. The number of piperidine rings is 1. The smallest absolute Gasteiger partial charge is 0.142 e. The predicted molar refractivity (Wildman–Crippen MR) is 79.7 cm³/mol. The highest BCUT2D eigenvalue weighted by Gasteiger charge is 2.36. The van der Waals surface area contributed by atoms with Crippen molar-refractivity contribution in [3.05, 3.63) is 29.8 Å². The van der Waals surface area contributed by atoms with Gasteiger partial charge in [-0.05, 0) is 25.0 Å². The molecule has 96 valence electrons. The van der Waals surface area contributed by atoms with Crippen molar-refractivity contribution in [2.24, 2.45) is 4.76 Å². The molecule has 4 heteroatoms. The standard InChI is InChI=1S/C14H20N3P/c1-16(2)13-8-6-12(7-9-13)14-15-18(14)17-10-4-3-5-11-17/h6-9H,3-5,10-11H2,1-2H3. The summed E-state index contributed by atoms with van der Waals surface area (Å²) in [6, 6.07) is 8.78. The minimum absolute atomic E-state index is 0.272. The van der Waals surface area contributed by atoms with Gasteiger partial charge in [0.15, 0.2) is 0 Å². The number of hydrogen-bond acceptors (Lipinski definition) is 3. The number of rotatable bonds is 3. The molecule has 1 saturated heterocycles. The van der Waals surface area contributed by atoms with Gasteiger partial charge in [0.2, 0.25) is 0 Å². The maximum Gasteiger partial charge on any atom is 0.142 e. The molecule has 0 amide bonds. The molecule has 0 saturated carbocycles. The van der Waals surface area contributed by atoms with Crippen LogP contribution in [0.4, 0.5) is 5.69 Å². The van der Waals surface area contributed by atoms with Gasteiger partial charge in [-0.3, -0.25) is 4.67 Å². The number of anilines is 1. The van der Waals surface area contributed by atoms with Crippen molar-refractivity contribution in [1.82, 2.24) is 4.67 Å². The third kappa shape index (κ3) is 2.43. The Kier molecular flexibility index (Phi) is 3.36. The van der Waals surface area contributed by atoms with Crippen LogP contribution < -0.4 is 4.90 Å². The second-order valence-corrected chi connectivity index (χ2v) is 6.94. The molecule has 1 aromatic carbocycles. The van der Waals surface area contributed by atoms with E-state index in [2.05, 4.69) is 47.9 Å². The van der Waals surface area contributed by atoms with Crippen molar-refractivity contribution in [3.63, 3.8) is 0 Å². The molecular formula is C14H20N3P. The van der Waals surface area contributed by atoms with Crippen LogP contribution in [-0.2, 0) is 0 Å². The van der Waals surface area contributed by atoms with Crippen LogP contribution in [0.1, 0.15) is 24.8 Å². The first-order valence-corrected chi connectivity index (χ1v) is 7.92. The van der Waals surface area contributed by atoms with Gasteiger partial charge in [-0.2, -0.15) is 0 Å². The topological polar surface area (TPSA) is 18.8 Å². The summed E-state index contributed by atoms with van der Waals surface area (Å²) in [5.74, 6) is 0. The first kappa shape index (κ1) is 12.1. The van der Waals surface area contributed by atoms with Gasteiger partial charge >= 0.3 is 0 Å². The van der Waals surface area contributed by atoms with Gasteiger partial charge in [-0.15, -0.1) is 0 Å². The van der Waals surface area contributed by atoms with E-state index >= 15 is 0 Å². The summed E-state index contributed by atoms with van der Waals surface area (Å²) in [6.07, 6.45) is 4.09. The Morgan fingerprint density at radius 1 is 1.06 bits per heavy atom. The van der Waals surface area contributed by atoms with Crippen molar-refractivity contribution < 1.29 is 0 Å². The molecule has 0 aromatic heterocycles. The van der Waals surface area contributed by atoms with Gasteiger partial charge < -0.3 is 4.90 Å². The summed E-state index contributed by atoms with van der Waals surface area (Å²) >= 11 is 0. The molecule has 18 heavy (non-hydrogen) atoms. The lowest BCUT2D eigenvalue weighted by molar-refractivity contribution is 0.374. The van der Waals surface area contributed by atoms with Crippen molar-refractivity contribution in [1.29, 1.82) is 0 Å². The van der Waals surface area contributed by atoms with Crippen LogP contribution in [0.25, 0.3) is 0 Å². The monoisotopic (exact) mass is 261 g/mol. The lowest BCUT2D eigenvalue weighted by atomic mass is 10.2. The summed E-state index contributed by atoms with van der Waals surface area (Å²) in [6.45, 7) is 2.49. The molecule has 2 aliphatic heterocycles. The maximum atomic E-state index is 4.72. The highest BCUT2D eigenvalue weighted by molar-refractivity contribution is 7.81. The summed E-state index contributed by atoms with van der Waals surface area (Å²) in [5.41, 5.74) is 3.91. The normalized spacial score (nSPS) is 23.7. The Morgan fingerprint density at radius 3 is 2.33 bits per heavy atom. The average Bonchev–Trinajstić information content (AvgIpc) is 3.20. The van der Waals surface area contributed by atoms with Crippen molar-refractivity contribution in [2.45, 2.75) is 19.3 Å². The van der Waals surface area contributed by atoms with Crippen LogP contribution in [0, 0.1) is 0 Å². The Balaban J connectivity index is 1.64. The zero-order valence-corrected chi connectivity index (χ0v) is 12.0. The third-order valence-corrected chi connectivity index (χ3v) is 5.45. The van der Waals surface area contributed by atoms with E-state index in [9.17, 15) is 0 Å². The van der Waals surface area contributed by atoms with Crippen LogP contribution in [0.5, 0.6) is 0 Å². The summed E-state index contributed by atoms with van der Waals surface area (Å²) in [4.78, 5) is 2.13. The van der Waals surface area contributed by atoms with Crippen LogP contribution >= 0.6 is 8.22 Å². The molecule has 0 radical (unpaired) electrons. The fourth-order valence-electron chi connectivity index (χ4n) is 2.41. The molecule has 0 bridgehead atoms.